The minimum Gasteiger partial charge on any atom is -0.337 e. The SMILES string of the molecule is O=C(/C=C/c1c(Cl)nc2sccn12)N1CCN(Cc2ccncc2)CC1. The van der Waals surface area contributed by atoms with Gasteiger partial charge >= 0.3 is 0 Å². The summed E-state index contributed by atoms with van der Waals surface area (Å²) in [5, 5.41) is 2.36. The number of pyridine rings is 1. The number of piperazine rings is 1. The number of thiazole rings is 1. The number of fused-ring (bicyclic) bond motifs is 1. The highest BCUT2D eigenvalue weighted by Gasteiger charge is 2.20. The molecule has 1 fully saturated rings. The summed E-state index contributed by atoms with van der Waals surface area (Å²) in [4.78, 5) is 25.9. The summed E-state index contributed by atoms with van der Waals surface area (Å²) in [6, 6.07) is 4.06. The van der Waals surface area contributed by atoms with E-state index in [1.165, 1.54) is 16.9 Å². The van der Waals surface area contributed by atoms with Crippen LogP contribution in [0.2, 0.25) is 5.15 Å². The minimum atomic E-state index is 0.00908. The first kappa shape index (κ1) is 17.2. The van der Waals surface area contributed by atoms with Crippen molar-refractivity contribution in [2.45, 2.75) is 6.54 Å². The van der Waals surface area contributed by atoms with E-state index in [9.17, 15) is 4.79 Å². The van der Waals surface area contributed by atoms with Gasteiger partial charge in [-0.05, 0) is 23.8 Å². The second-order valence-corrected chi connectivity index (χ2v) is 7.36. The van der Waals surface area contributed by atoms with Gasteiger partial charge in [0.25, 0.3) is 0 Å². The number of halogens is 1. The van der Waals surface area contributed by atoms with Crippen LogP contribution >= 0.6 is 22.9 Å². The van der Waals surface area contributed by atoms with Gasteiger partial charge in [0.15, 0.2) is 10.1 Å². The number of imidazole rings is 1. The molecule has 0 atom stereocenters. The molecule has 3 aromatic rings. The van der Waals surface area contributed by atoms with Crippen LogP contribution in [0.15, 0.2) is 42.2 Å². The van der Waals surface area contributed by atoms with E-state index in [-0.39, 0.29) is 5.91 Å². The maximum atomic E-state index is 12.5. The van der Waals surface area contributed by atoms with E-state index >= 15 is 0 Å². The Morgan fingerprint density at radius 1 is 1.23 bits per heavy atom. The fourth-order valence-corrected chi connectivity index (χ4v) is 4.06. The van der Waals surface area contributed by atoms with Gasteiger partial charge in [-0.15, -0.1) is 11.3 Å². The Labute approximate surface area is 160 Å². The number of hydrogen-bond acceptors (Lipinski definition) is 5. The van der Waals surface area contributed by atoms with Crippen molar-refractivity contribution in [3.63, 3.8) is 0 Å². The van der Waals surface area contributed by atoms with Crippen LogP contribution in [-0.2, 0) is 11.3 Å². The van der Waals surface area contributed by atoms with Gasteiger partial charge in [0.05, 0.1) is 5.69 Å². The molecule has 26 heavy (non-hydrogen) atoms. The van der Waals surface area contributed by atoms with Gasteiger partial charge in [0, 0.05) is 62.8 Å². The average Bonchev–Trinajstić information content (AvgIpc) is 3.22. The molecule has 4 rings (SSSR count). The third kappa shape index (κ3) is 3.65. The van der Waals surface area contributed by atoms with Gasteiger partial charge in [-0.3, -0.25) is 19.1 Å². The number of carbonyl (C=O) groups excluding carboxylic acids is 1. The monoisotopic (exact) mass is 387 g/mol. The normalized spacial score (nSPS) is 16.0. The third-order valence-electron chi connectivity index (χ3n) is 4.48. The molecule has 0 spiro atoms. The molecule has 0 bridgehead atoms. The molecule has 0 unspecified atom stereocenters. The summed E-state index contributed by atoms with van der Waals surface area (Å²) >= 11 is 7.68. The van der Waals surface area contributed by atoms with Gasteiger partial charge in [0.1, 0.15) is 0 Å². The van der Waals surface area contributed by atoms with E-state index in [0.717, 1.165) is 43.4 Å². The van der Waals surface area contributed by atoms with Crippen LogP contribution in [0.1, 0.15) is 11.3 Å². The minimum absolute atomic E-state index is 0.00908. The van der Waals surface area contributed by atoms with E-state index < -0.39 is 0 Å². The maximum absolute atomic E-state index is 12.5. The average molecular weight is 388 g/mol. The summed E-state index contributed by atoms with van der Waals surface area (Å²) in [5.74, 6) is 0.00908. The topological polar surface area (TPSA) is 53.7 Å². The summed E-state index contributed by atoms with van der Waals surface area (Å²) in [6.07, 6.45) is 8.87. The number of amides is 1. The molecule has 6 nitrogen and oxygen atoms in total. The highest BCUT2D eigenvalue weighted by molar-refractivity contribution is 7.15. The van der Waals surface area contributed by atoms with Gasteiger partial charge in [0.2, 0.25) is 5.91 Å². The molecule has 134 valence electrons. The van der Waals surface area contributed by atoms with Crippen molar-refractivity contribution >= 4 is 39.9 Å². The zero-order valence-corrected chi connectivity index (χ0v) is 15.7. The second-order valence-electron chi connectivity index (χ2n) is 6.13. The van der Waals surface area contributed by atoms with E-state index in [4.69, 9.17) is 11.6 Å². The lowest BCUT2D eigenvalue weighted by atomic mass is 10.2. The van der Waals surface area contributed by atoms with Gasteiger partial charge in [-0.1, -0.05) is 11.6 Å². The number of rotatable bonds is 4. The molecule has 0 aromatic carbocycles. The fraction of sp³-hybridized carbons (Fsp3) is 0.278. The van der Waals surface area contributed by atoms with Gasteiger partial charge < -0.3 is 4.90 Å². The van der Waals surface area contributed by atoms with Crippen LogP contribution in [0.4, 0.5) is 0 Å². The van der Waals surface area contributed by atoms with E-state index in [0.29, 0.717) is 5.15 Å². The van der Waals surface area contributed by atoms with Crippen molar-refractivity contribution in [3.05, 3.63) is 58.6 Å². The Morgan fingerprint density at radius 3 is 2.77 bits per heavy atom. The molecule has 1 aliphatic heterocycles. The zero-order chi connectivity index (χ0) is 17.9. The molecule has 1 aliphatic rings. The Kier molecular flexibility index (Phi) is 5.01. The number of hydrogen-bond donors (Lipinski definition) is 0. The van der Waals surface area contributed by atoms with Gasteiger partial charge in [-0.2, -0.15) is 0 Å². The lowest BCUT2D eigenvalue weighted by Gasteiger charge is -2.34. The van der Waals surface area contributed by atoms with Crippen molar-refractivity contribution in [2.24, 2.45) is 0 Å². The summed E-state index contributed by atoms with van der Waals surface area (Å²) in [7, 11) is 0. The van der Waals surface area contributed by atoms with Gasteiger partial charge in [-0.25, -0.2) is 4.98 Å². The Bertz CT molecular complexity index is 928. The van der Waals surface area contributed by atoms with Crippen molar-refractivity contribution in [1.82, 2.24) is 24.2 Å². The third-order valence-corrected chi connectivity index (χ3v) is 5.51. The van der Waals surface area contributed by atoms with Crippen molar-refractivity contribution in [3.8, 4) is 0 Å². The lowest BCUT2D eigenvalue weighted by molar-refractivity contribution is -0.127. The molecule has 3 aromatic heterocycles. The highest BCUT2D eigenvalue weighted by atomic mass is 35.5. The number of carbonyl (C=O) groups is 1. The molecular formula is C18H18ClN5OS. The molecule has 4 heterocycles. The standard InChI is InChI=1S/C18H18ClN5OS/c19-17-15(24-11-12-26-18(24)21-17)1-2-16(25)23-9-7-22(8-10-23)13-14-3-5-20-6-4-14/h1-6,11-12H,7-10,13H2/b2-1+. The van der Waals surface area contributed by atoms with Crippen LogP contribution in [0.3, 0.4) is 0 Å². The van der Waals surface area contributed by atoms with Crippen molar-refractivity contribution < 1.29 is 4.79 Å². The number of nitrogens with zero attached hydrogens (tertiary/aromatic N) is 5. The van der Waals surface area contributed by atoms with Crippen LogP contribution in [0.5, 0.6) is 0 Å². The number of aromatic nitrogens is 3. The smallest absolute Gasteiger partial charge is 0.246 e. The quantitative estimate of drug-likeness (QED) is 0.646. The second kappa shape index (κ2) is 7.57. The predicted octanol–water partition coefficient (Wildman–Crippen LogP) is 2.80. The molecule has 0 radical (unpaired) electrons. The Hall–Kier alpha value is -2.22. The van der Waals surface area contributed by atoms with E-state index in [1.54, 1.807) is 12.2 Å². The first-order chi connectivity index (χ1) is 12.7. The van der Waals surface area contributed by atoms with Crippen LogP contribution in [-0.4, -0.2) is 56.3 Å². The molecule has 0 N–H and O–H groups in total. The van der Waals surface area contributed by atoms with Crippen molar-refractivity contribution in [1.29, 1.82) is 0 Å². The molecule has 8 heteroatoms. The largest absolute Gasteiger partial charge is 0.337 e. The lowest BCUT2D eigenvalue weighted by Crippen LogP contribution is -2.47. The van der Waals surface area contributed by atoms with Crippen molar-refractivity contribution in [2.75, 3.05) is 26.2 Å². The summed E-state index contributed by atoms with van der Waals surface area (Å²) in [6.45, 7) is 4.07. The first-order valence-electron chi connectivity index (χ1n) is 8.40. The Balaban J connectivity index is 1.35. The molecule has 1 saturated heterocycles. The molecule has 0 saturated carbocycles. The fourth-order valence-electron chi connectivity index (χ4n) is 3.05. The van der Waals surface area contributed by atoms with Crippen LogP contribution in [0.25, 0.3) is 11.0 Å². The molecule has 1 amide bonds. The summed E-state index contributed by atoms with van der Waals surface area (Å²) in [5.41, 5.74) is 1.99. The zero-order valence-electron chi connectivity index (χ0n) is 14.1. The predicted molar refractivity (Wildman–Crippen MR) is 103 cm³/mol. The summed E-state index contributed by atoms with van der Waals surface area (Å²) < 4.78 is 1.89. The van der Waals surface area contributed by atoms with E-state index in [2.05, 4.69) is 14.9 Å². The highest BCUT2D eigenvalue weighted by Crippen LogP contribution is 2.22. The maximum Gasteiger partial charge on any atom is 0.246 e. The first-order valence-corrected chi connectivity index (χ1v) is 9.66. The Morgan fingerprint density at radius 2 is 2.00 bits per heavy atom. The van der Waals surface area contributed by atoms with Crippen LogP contribution < -0.4 is 0 Å². The molecular weight excluding hydrogens is 370 g/mol. The molecule has 0 aliphatic carbocycles. The van der Waals surface area contributed by atoms with E-state index in [1.807, 2.05) is 45.4 Å². The van der Waals surface area contributed by atoms with Crippen LogP contribution in [0, 0.1) is 0 Å².